The highest BCUT2D eigenvalue weighted by Crippen LogP contribution is 2.30. The SMILES string of the molecule is COc1ccc(N(CC(=O)N2CCN(c3cccc(C)c3C)CC2)S(=O)(=O)c2ccc(C)c([N+](=O)[O-])c2)cc1. The molecule has 39 heavy (non-hydrogen) atoms. The zero-order chi connectivity index (χ0) is 28.3. The van der Waals surface area contributed by atoms with Gasteiger partial charge in [-0.2, -0.15) is 0 Å². The van der Waals surface area contributed by atoms with Crippen molar-refractivity contribution in [1.29, 1.82) is 0 Å². The Labute approximate surface area is 228 Å². The highest BCUT2D eigenvalue weighted by Gasteiger charge is 2.32. The van der Waals surface area contributed by atoms with Gasteiger partial charge in [0.05, 0.1) is 22.6 Å². The number of nitro benzene ring substituents is 1. The number of anilines is 2. The Morgan fingerprint density at radius 3 is 2.26 bits per heavy atom. The smallest absolute Gasteiger partial charge is 0.273 e. The van der Waals surface area contributed by atoms with Crippen LogP contribution in [0.4, 0.5) is 17.1 Å². The fourth-order valence-electron chi connectivity index (χ4n) is 4.63. The number of ether oxygens (including phenoxy) is 1. The van der Waals surface area contributed by atoms with Crippen molar-refractivity contribution in [3.05, 3.63) is 87.5 Å². The highest BCUT2D eigenvalue weighted by atomic mass is 32.2. The first-order valence-corrected chi connectivity index (χ1v) is 14.0. The number of carbonyl (C=O) groups excluding carboxylic acids is 1. The molecule has 0 bridgehead atoms. The molecule has 1 aliphatic heterocycles. The molecule has 1 saturated heterocycles. The lowest BCUT2D eigenvalue weighted by atomic mass is 10.1. The van der Waals surface area contributed by atoms with Gasteiger partial charge in [0.1, 0.15) is 12.3 Å². The number of sulfonamides is 1. The van der Waals surface area contributed by atoms with E-state index in [1.165, 1.54) is 37.3 Å². The number of amides is 1. The normalized spacial score (nSPS) is 13.7. The minimum Gasteiger partial charge on any atom is -0.497 e. The van der Waals surface area contributed by atoms with Gasteiger partial charge in [0, 0.05) is 43.5 Å². The Kier molecular flexibility index (Phi) is 8.10. The maximum absolute atomic E-state index is 13.8. The summed E-state index contributed by atoms with van der Waals surface area (Å²) in [5.41, 5.74) is 3.81. The molecule has 1 fully saturated rings. The van der Waals surface area contributed by atoms with E-state index in [2.05, 4.69) is 30.9 Å². The molecule has 0 N–H and O–H groups in total. The van der Waals surface area contributed by atoms with Gasteiger partial charge in [0.2, 0.25) is 5.91 Å². The van der Waals surface area contributed by atoms with Gasteiger partial charge in [-0.1, -0.05) is 18.2 Å². The van der Waals surface area contributed by atoms with Crippen LogP contribution in [0.5, 0.6) is 5.75 Å². The Bertz CT molecular complexity index is 1480. The summed E-state index contributed by atoms with van der Waals surface area (Å²) in [4.78, 5) is 27.9. The summed E-state index contributed by atoms with van der Waals surface area (Å²) in [6.07, 6.45) is 0. The first-order chi connectivity index (χ1) is 18.5. The molecular formula is C28H32N4O6S. The van der Waals surface area contributed by atoms with E-state index < -0.39 is 21.5 Å². The topological polar surface area (TPSA) is 113 Å². The summed E-state index contributed by atoms with van der Waals surface area (Å²) in [6.45, 7) is 7.37. The molecule has 0 saturated carbocycles. The number of hydrogen-bond acceptors (Lipinski definition) is 7. The summed E-state index contributed by atoms with van der Waals surface area (Å²) in [5, 5.41) is 11.5. The second-order valence-electron chi connectivity index (χ2n) is 9.50. The molecule has 206 valence electrons. The molecule has 3 aromatic rings. The third-order valence-electron chi connectivity index (χ3n) is 7.15. The van der Waals surface area contributed by atoms with E-state index in [0.29, 0.717) is 37.5 Å². The summed E-state index contributed by atoms with van der Waals surface area (Å²) in [6, 6.07) is 16.2. The number of aryl methyl sites for hydroxylation is 2. The van der Waals surface area contributed by atoms with Crippen molar-refractivity contribution in [2.24, 2.45) is 0 Å². The Morgan fingerprint density at radius 1 is 0.974 bits per heavy atom. The van der Waals surface area contributed by atoms with Crippen LogP contribution in [0.1, 0.15) is 16.7 Å². The number of benzene rings is 3. The van der Waals surface area contributed by atoms with Gasteiger partial charge in [-0.25, -0.2) is 8.42 Å². The first-order valence-electron chi connectivity index (χ1n) is 12.5. The minimum atomic E-state index is -4.31. The molecule has 0 atom stereocenters. The van der Waals surface area contributed by atoms with Gasteiger partial charge >= 0.3 is 0 Å². The third kappa shape index (κ3) is 5.83. The predicted octanol–water partition coefficient (Wildman–Crippen LogP) is 4.07. The lowest BCUT2D eigenvalue weighted by Crippen LogP contribution is -2.52. The van der Waals surface area contributed by atoms with E-state index >= 15 is 0 Å². The van der Waals surface area contributed by atoms with Crippen LogP contribution < -0.4 is 13.9 Å². The molecule has 0 spiro atoms. The van der Waals surface area contributed by atoms with E-state index in [0.717, 1.165) is 16.1 Å². The van der Waals surface area contributed by atoms with Gasteiger partial charge in [0.25, 0.3) is 15.7 Å². The van der Waals surface area contributed by atoms with Crippen LogP contribution >= 0.6 is 0 Å². The first kappa shape index (κ1) is 27.9. The van der Waals surface area contributed by atoms with Crippen molar-refractivity contribution in [1.82, 2.24) is 4.90 Å². The summed E-state index contributed by atoms with van der Waals surface area (Å²) < 4.78 is 33.8. The molecule has 1 heterocycles. The van der Waals surface area contributed by atoms with Crippen LogP contribution in [0.15, 0.2) is 65.6 Å². The molecule has 0 aromatic heterocycles. The van der Waals surface area contributed by atoms with Crippen LogP contribution in [0.3, 0.4) is 0 Å². The van der Waals surface area contributed by atoms with E-state index in [4.69, 9.17) is 4.74 Å². The molecule has 0 radical (unpaired) electrons. The molecule has 1 aliphatic rings. The number of hydrogen-bond donors (Lipinski definition) is 0. The van der Waals surface area contributed by atoms with Gasteiger partial charge in [-0.3, -0.25) is 19.2 Å². The maximum Gasteiger partial charge on any atom is 0.273 e. The number of piperazine rings is 1. The molecule has 0 aliphatic carbocycles. The van der Waals surface area contributed by atoms with Crippen molar-refractivity contribution in [2.75, 3.05) is 49.0 Å². The van der Waals surface area contributed by atoms with Crippen molar-refractivity contribution in [3.63, 3.8) is 0 Å². The zero-order valence-electron chi connectivity index (χ0n) is 22.5. The van der Waals surface area contributed by atoms with Crippen molar-refractivity contribution >= 4 is 33.0 Å². The quantitative estimate of drug-likeness (QED) is 0.306. The lowest BCUT2D eigenvalue weighted by molar-refractivity contribution is -0.385. The molecule has 11 heteroatoms. The Hall–Kier alpha value is -4.12. The highest BCUT2D eigenvalue weighted by molar-refractivity contribution is 7.92. The van der Waals surface area contributed by atoms with Gasteiger partial charge in [-0.15, -0.1) is 0 Å². The second-order valence-corrected chi connectivity index (χ2v) is 11.4. The Balaban J connectivity index is 1.59. The third-order valence-corrected chi connectivity index (χ3v) is 8.92. The molecule has 3 aromatic carbocycles. The van der Waals surface area contributed by atoms with Gasteiger partial charge in [-0.05, 0) is 68.3 Å². The second kappa shape index (κ2) is 11.3. The van der Waals surface area contributed by atoms with Gasteiger partial charge in [0.15, 0.2) is 0 Å². The van der Waals surface area contributed by atoms with E-state index in [-0.39, 0.29) is 22.2 Å². The van der Waals surface area contributed by atoms with Crippen molar-refractivity contribution in [2.45, 2.75) is 25.7 Å². The number of carbonyl (C=O) groups is 1. The number of nitro groups is 1. The van der Waals surface area contributed by atoms with Crippen molar-refractivity contribution < 1.29 is 22.9 Å². The largest absolute Gasteiger partial charge is 0.497 e. The van der Waals surface area contributed by atoms with Crippen LogP contribution in [0, 0.1) is 30.9 Å². The number of methoxy groups -OCH3 is 1. The number of rotatable bonds is 8. The molecule has 4 rings (SSSR count). The molecule has 10 nitrogen and oxygen atoms in total. The minimum absolute atomic E-state index is 0.251. The number of nitrogens with zero attached hydrogens (tertiary/aromatic N) is 4. The van der Waals surface area contributed by atoms with E-state index in [1.807, 2.05) is 6.07 Å². The maximum atomic E-state index is 13.8. The molecule has 0 unspecified atom stereocenters. The molecular weight excluding hydrogens is 520 g/mol. The molecule has 1 amide bonds. The van der Waals surface area contributed by atoms with Gasteiger partial charge < -0.3 is 14.5 Å². The van der Waals surface area contributed by atoms with Crippen molar-refractivity contribution in [3.8, 4) is 5.75 Å². The van der Waals surface area contributed by atoms with Crippen LogP contribution in [0.25, 0.3) is 0 Å². The van der Waals surface area contributed by atoms with Crippen LogP contribution in [0.2, 0.25) is 0 Å². The van der Waals surface area contributed by atoms with E-state index in [9.17, 15) is 23.3 Å². The predicted molar refractivity (Wildman–Crippen MR) is 150 cm³/mol. The standard InChI is InChI=1S/C28H32N4O6S/c1-20-6-5-7-26(22(20)3)29-14-16-30(17-15-29)28(33)19-31(23-9-11-24(38-4)12-10-23)39(36,37)25-13-8-21(2)27(18-25)32(34)35/h5-13,18H,14-17,19H2,1-4H3. The fourth-order valence-corrected chi connectivity index (χ4v) is 6.07. The van der Waals surface area contributed by atoms with E-state index in [1.54, 1.807) is 29.2 Å². The Morgan fingerprint density at radius 2 is 1.64 bits per heavy atom. The summed E-state index contributed by atoms with van der Waals surface area (Å²) in [7, 11) is -2.82. The van der Waals surface area contributed by atoms with Crippen LogP contribution in [-0.4, -0.2) is 64.0 Å². The summed E-state index contributed by atoms with van der Waals surface area (Å²) >= 11 is 0. The average Bonchev–Trinajstić information content (AvgIpc) is 2.93. The lowest BCUT2D eigenvalue weighted by Gasteiger charge is -2.38. The average molecular weight is 553 g/mol. The van der Waals surface area contributed by atoms with Crippen LogP contribution in [-0.2, 0) is 14.8 Å². The zero-order valence-corrected chi connectivity index (χ0v) is 23.3. The monoisotopic (exact) mass is 552 g/mol. The summed E-state index contributed by atoms with van der Waals surface area (Å²) in [5.74, 6) is 0.174. The fraction of sp³-hybridized carbons (Fsp3) is 0.321.